The van der Waals surface area contributed by atoms with Gasteiger partial charge < -0.3 is 19.5 Å². The Hall–Kier alpha value is -3.07. The lowest BCUT2D eigenvalue weighted by Gasteiger charge is -2.35. The lowest BCUT2D eigenvalue weighted by molar-refractivity contribution is 0.0137. The number of aromatic hydroxyl groups is 1. The van der Waals surface area contributed by atoms with Crippen LogP contribution >= 0.6 is 0 Å². The third-order valence-corrected chi connectivity index (χ3v) is 5.02. The van der Waals surface area contributed by atoms with Crippen molar-refractivity contribution in [1.29, 1.82) is 0 Å². The van der Waals surface area contributed by atoms with Gasteiger partial charge in [-0.25, -0.2) is 9.78 Å². The number of carbonyl (C=O) groups excluding carboxylic acids is 1. The first-order valence-corrected chi connectivity index (χ1v) is 10.3. The summed E-state index contributed by atoms with van der Waals surface area (Å²) in [6.45, 7) is 8.33. The topological polar surface area (TPSA) is 97.1 Å². The molecule has 2 heterocycles. The summed E-state index contributed by atoms with van der Waals surface area (Å²) in [7, 11) is 1.57. The lowest BCUT2D eigenvalue weighted by Crippen LogP contribution is -2.49. The zero-order chi connectivity index (χ0) is 22.6. The minimum atomic E-state index is -0.530. The normalized spacial score (nSPS) is 15.0. The van der Waals surface area contributed by atoms with Crippen LogP contribution < -0.4 is 10.3 Å². The van der Waals surface area contributed by atoms with Crippen LogP contribution in [0.15, 0.2) is 35.4 Å². The van der Waals surface area contributed by atoms with Crippen LogP contribution in [0.25, 0.3) is 0 Å². The Labute approximate surface area is 181 Å². The first-order chi connectivity index (χ1) is 14.7. The maximum atomic E-state index is 12.7. The fourth-order valence-electron chi connectivity index (χ4n) is 3.38. The zero-order valence-electron chi connectivity index (χ0n) is 18.5. The predicted octanol–water partition coefficient (Wildman–Crippen LogP) is 2.06. The minimum Gasteiger partial charge on any atom is -0.502 e. The number of methoxy groups -OCH3 is 1. The Morgan fingerprint density at radius 1 is 1.13 bits per heavy atom. The van der Waals surface area contributed by atoms with Gasteiger partial charge in [0.15, 0.2) is 0 Å². The number of rotatable bonds is 5. The third kappa shape index (κ3) is 5.75. The molecule has 0 aliphatic carbocycles. The van der Waals surface area contributed by atoms with E-state index in [0.29, 0.717) is 44.2 Å². The van der Waals surface area contributed by atoms with Gasteiger partial charge in [-0.15, -0.1) is 0 Å². The first-order valence-electron chi connectivity index (χ1n) is 10.3. The Morgan fingerprint density at radius 2 is 1.81 bits per heavy atom. The van der Waals surface area contributed by atoms with Gasteiger partial charge in [0.25, 0.3) is 5.56 Å². The van der Waals surface area contributed by atoms with Gasteiger partial charge in [-0.2, -0.15) is 0 Å². The Balaban J connectivity index is 1.63. The molecular formula is C22H30N4O5. The molecule has 0 radical (unpaired) electrons. The van der Waals surface area contributed by atoms with E-state index in [1.807, 2.05) is 49.9 Å². The quantitative estimate of drug-likeness (QED) is 0.775. The highest BCUT2D eigenvalue weighted by molar-refractivity contribution is 5.68. The van der Waals surface area contributed by atoms with Crippen molar-refractivity contribution in [3.63, 3.8) is 0 Å². The van der Waals surface area contributed by atoms with Crippen LogP contribution in [-0.2, 0) is 17.8 Å². The highest BCUT2D eigenvalue weighted by atomic mass is 16.6. The number of piperazine rings is 1. The van der Waals surface area contributed by atoms with E-state index < -0.39 is 11.2 Å². The number of para-hydroxylation sites is 1. The molecule has 0 bridgehead atoms. The summed E-state index contributed by atoms with van der Waals surface area (Å²) in [6, 6.07) is 7.40. The highest BCUT2D eigenvalue weighted by Crippen LogP contribution is 2.19. The van der Waals surface area contributed by atoms with Gasteiger partial charge in [-0.3, -0.25) is 14.3 Å². The molecule has 0 unspecified atom stereocenters. The van der Waals surface area contributed by atoms with Crippen molar-refractivity contribution in [1.82, 2.24) is 19.4 Å². The summed E-state index contributed by atoms with van der Waals surface area (Å²) in [5, 5.41) is 10.4. The fraction of sp³-hybridized carbons (Fsp3) is 0.500. The second-order valence-corrected chi connectivity index (χ2v) is 8.53. The Bertz CT molecular complexity index is 975. The minimum absolute atomic E-state index is 0.248. The standard InChI is InChI=1S/C22H30N4O5/c1-22(2,3)31-21(29)25-11-9-24(10-12-25)14-17-19(27)20(28)26(15-23-17)13-16-7-5-6-8-18(16)30-4/h5-8,15,27H,9-14H2,1-4H3. The maximum absolute atomic E-state index is 12.7. The molecule has 1 N–H and O–H groups in total. The van der Waals surface area contributed by atoms with E-state index in [-0.39, 0.29) is 18.4 Å². The summed E-state index contributed by atoms with van der Waals surface area (Å²) in [4.78, 5) is 32.9. The van der Waals surface area contributed by atoms with E-state index in [1.165, 1.54) is 10.9 Å². The summed E-state index contributed by atoms with van der Waals surface area (Å²) < 4.78 is 12.1. The van der Waals surface area contributed by atoms with Gasteiger partial charge >= 0.3 is 6.09 Å². The average Bonchev–Trinajstić information content (AvgIpc) is 2.73. The van der Waals surface area contributed by atoms with Gasteiger partial charge in [0, 0.05) is 38.3 Å². The molecular weight excluding hydrogens is 400 g/mol. The number of benzene rings is 1. The smallest absolute Gasteiger partial charge is 0.410 e. The van der Waals surface area contributed by atoms with Gasteiger partial charge in [-0.05, 0) is 26.8 Å². The second kappa shape index (κ2) is 9.38. The molecule has 1 aliphatic heterocycles. The number of aromatic nitrogens is 2. The van der Waals surface area contributed by atoms with Gasteiger partial charge in [0.05, 0.1) is 20.0 Å². The molecule has 31 heavy (non-hydrogen) atoms. The lowest BCUT2D eigenvalue weighted by atomic mass is 10.2. The summed E-state index contributed by atoms with van der Waals surface area (Å²) in [5.74, 6) is 0.313. The van der Waals surface area contributed by atoms with Crippen molar-refractivity contribution < 1.29 is 19.4 Å². The van der Waals surface area contributed by atoms with Crippen molar-refractivity contribution in [3.05, 3.63) is 52.2 Å². The van der Waals surface area contributed by atoms with Crippen LogP contribution in [-0.4, -0.2) is 69.4 Å². The molecule has 0 saturated carbocycles. The highest BCUT2D eigenvalue weighted by Gasteiger charge is 2.26. The number of nitrogens with zero attached hydrogens (tertiary/aromatic N) is 4. The van der Waals surface area contributed by atoms with Crippen LogP contribution in [0.1, 0.15) is 32.0 Å². The third-order valence-electron chi connectivity index (χ3n) is 5.02. The number of hydrogen-bond donors (Lipinski definition) is 1. The first kappa shape index (κ1) is 22.6. The number of amides is 1. The number of carbonyl (C=O) groups is 1. The van der Waals surface area contributed by atoms with E-state index in [4.69, 9.17) is 9.47 Å². The van der Waals surface area contributed by atoms with Crippen molar-refractivity contribution in [3.8, 4) is 11.5 Å². The van der Waals surface area contributed by atoms with E-state index in [0.717, 1.165) is 5.56 Å². The zero-order valence-corrected chi connectivity index (χ0v) is 18.5. The van der Waals surface area contributed by atoms with Crippen molar-refractivity contribution >= 4 is 6.09 Å². The van der Waals surface area contributed by atoms with Crippen LogP contribution in [0, 0.1) is 0 Å². The van der Waals surface area contributed by atoms with Crippen molar-refractivity contribution in [2.75, 3.05) is 33.3 Å². The fourth-order valence-corrected chi connectivity index (χ4v) is 3.38. The second-order valence-electron chi connectivity index (χ2n) is 8.53. The molecule has 9 heteroatoms. The van der Waals surface area contributed by atoms with Crippen molar-refractivity contribution in [2.24, 2.45) is 0 Å². The molecule has 0 atom stereocenters. The largest absolute Gasteiger partial charge is 0.502 e. The molecule has 1 aromatic heterocycles. The van der Waals surface area contributed by atoms with E-state index in [1.54, 1.807) is 12.0 Å². The van der Waals surface area contributed by atoms with Crippen molar-refractivity contribution in [2.45, 2.75) is 39.5 Å². The van der Waals surface area contributed by atoms with Gasteiger partial charge in [0.2, 0.25) is 5.75 Å². The predicted molar refractivity (Wildman–Crippen MR) is 115 cm³/mol. The van der Waals surface area contributed by atoms with Crippen LogP contribution in [0.3, 0.4) is 0 Å². The number of hydrogen-bond acceptors (Lipinski definition) is 7. The molecule has 1 fully saturated rings. The van der Waals surface area contributed by atoms with E-state index >= 15 is 0 Å². The average molecular weight is 431 g/mol. The SMILES string of the molecule is COc1ccccc1Cn1cnc(CN2CCN(C(=O)OC(C)(C)C)CC2)c(O)c1=O. The van der Waals surface area contributed by atoms with Gasteiger partial charge in [0.1, 0.15) is 17.0 Å². The van der Waals surface area contributed by atoms with Gasteiger partial charge in [-0.1, -0.05) is 18.2 Å². The molecule has 1 amide bonds. The number of ether oxygens (including phenoxy) is 2. The van der Waals surface area contributed by atoms with Crippen LogP contribution in [0.5, 0.6) is 11.5 Å². The maximum Gasteiger partial charge on any atom is 0.410 e. The molecule has 168 valence electrons. The molecule has 1 aromatic carbocycles. The Morgan fingerprint density at radius 3 is 2.45 bits per heavy atom. The van der Waals surface area contributed by atoms with E-state index in [9.17, 15) is 14.7 Å². The van der Waals surface area contributed by atoms with Crippen LogP contribution in [0.2, 0.25) is 0 Å². The molecule has 2 aromatic rings. The monoisotopic (exact) mass is 430 g/mol. The van der Waals surface area contributed by atoms with E-state index in [2.05, 4.69) is 4.98 Å². The summed E-state index contributed by atoms with van der Waals surface area (Å²) in [6.07, 6.45) is 1.12. The molecule has 1 aliphatic rings. The Kier molecular flexibility index (Phi) is 6.84. The molecule has 0 spiro atoms. The summed E-state index contributed by atoms with van der Waals surface area (Å²) in [5.41, 5.74) is 0.118. The van der Waals surface area contributed by atoms with Crippen LogP contribution in [0.4, 0.5) is 4.79 Å². The molecule has 1 saturated heterocycles. The molecule has 9 nitrogen and oxygen atoms in total. The summed E-state index contributed by atoms with van der Waals surface area (Å²) >= 11 is 0. The molecule has 3 rings (SSSR count).